The third kappa shape index (κ3) is 8.59. The molecule has 0 aromatic heterocycles. The lowest BCUT2D eigenvalue weighted by Crippen LogP contribution is -2.27. The number of unbranched alkanes of at least 4 members (excludes halogenated alkanes) is 2. The van der Waals surface area contributed by atoms with Crippen LogP contribution in [0.2, 0.25) is 0 Å². The molecule has 0 N–H and O–H groups in total. The van der Waals surface area contributed by atoms with E-state index in [2.05, 4.69) is 13.8 Å². The van der Waals surface area contributed by atoms with Crippen LogP contribution in [0.25, 0.3) is 0 Å². The number of hydrogen-bond donors (Lipinski definition) is 0. The summed E-state index contributed by atoms with van der Waals surface area (Å²) in [5, 5.41) is 0. The Morgan fingerprint density at radius 3 is 1.45 bits per heavy atom. The van der Waals surface area contributed by atoms with Gasteiger partial charge in [0.2, 0.25) is 11.6 Å². The zero-order chi connectivity index (χ0) is 26.7. The maximum Gasteiger partial charge on any atom is 0.204 e. The van der Waals surface area contributed by atoms with Gasteiger partial charge in [0.15, 0.2) is 11.5 Å². The Morgan fingerprint density at radius 2 is 0.974 bits per heavy atom. The van der Waals surface area contributed by atoms with Crippen molar-refractivity contribution in [2.75, 3.05) is 13.2 Å². The highest BCUT2D eigenvalue weighted by Crippen LogP contribution is 2.42. The van der Waals surface area contributed by atoms with Crippen molar-refractivity contribution in [3.8, 4) is 11.5 Å². The highest BCUT2D eigenvalue weighted by Gasteiger charge is 2.31. The summed E-state index contributed by atoms with van der Waals surface area (Å²) in [6.45, 7) is 5.51. The Hall–Kier alpha value is -1.32. The number of hydrogen-bond acceptors (Lipinski definition) is 2. The first-order chi connectivity index (χ1) is 18.6. The first-order valence-corrected chi connectivity index (χ1v) is 16.3. The topological polar surface area (TPSA) is 18.5 Å². The number of halogens is 2. The van der Waals surface area contributed by atoms with Crippen LogP contribution in [0.3, 0.4) is 0 Å². The number of rotatable bonds is 13. The second-order valence-electron chi connectivity index (χ2n) is 13.0. The highest BCUT2D eigenvalue weighted by molar-refractivity contribution is 5.35. The highest BCUT2D eigenvalue weighted by atomic mass is 19.2. The molecule has 0 unspecified atom stereocenters. The summed E-state index contributed by atoms with van der Waals surface area (Å²) >= 11 is 0. The van der Waals surface area contributed by atoms with E-state index in [-0.39, 0.29) is 11.5 Å². The fourth-order valence-electron chi connectivity index (χ4n) is 7.70. The molecule has 0 spiro atoms. The van der Waals surface area contributed by atoms with Gasteiger partial charge in [-0.15, -0.1) is 0 Å². The van der Waals surface area contributed by atoms with Crippen LogP contribution in [0.1, 0.15) is 129 Å². The molecule has 0 bridgehead atoms. The van der Waals surface area contributed by atoms with E-state index in [4.69, 9.17) is 9.47 Å². The molecule has 0 amide bonds. The van der Waals surface area contributed by atoms with Crippen LogP contribution in [0.4, 0.5) is 8.78 Å². The molecule has 0 aliphatic heterocycles. The quantitative estimate of drug-likeness (QED) is 0.235. The minimum Gasteiger partial charge on any atom is -0.490 e. The molecule has 0 radical (unpaired) electrons. The average molecular weight is 533 g/mol. The van der Waals surface area contributed by atoms with E-state index in [0.29, 0.717) is 25.0 Å². The van der Waals surface area contributed by atoms with E-state index in [0.717, 1.165) is 49.4 Å². The van der Waals surface area contributed by atoms with Gasteiger partial charge in [-0.2, -0.15) is 8.78 Å². The lowest BCUT2D eigenvalue weighted by Gasteiger charge is -2.37. The zero-order valence-electron chi connectivity index (χ0n) is 24.3. The predicted octanol–water partition coefficient (Wildman–Crippen LogP) is 10.5. The normalized spacial score (nSPS) is 30.2. The van der Waals surface area contributed by atoms with Crippen molar-refractivity contribution in [3.05, 3.63) is 23.8 Å². The van der Waals surface area contributed by atoms with Gasteiger partial charge in [-0.1, -0.05) is 78.1 Å². The predicted molar refractivity (Wildman–Crippen MR) is 153 cm³/mol. The number of ether oxygens (including phenoxy) is 2. The van der Waals surface area contributed by atoms with Gasteiger partial charge in [0.25, 0.3) is 0 Å². The summed E-state index contributed by atoms with van der Waals surface area (Å²) in [5.74, 6) is 2.69. The second kappa shape index (κ2) is 15.5. The SMILES string of the molecule is CCCCC[C@H]1CC[C@H](COc2ccc(OC[C@H]3CC[C@H]([C@H]4CC[C@H](CCC)CC4)CC3)c(F)c2F)CC1. The van der Waals surface area contributed by atoms with E-state index in [1.807, 2.05) is 0 Å². The van der Waals surface area contributed by atoms with Gasteiger partial charge >= 0.3 is 0 Å². The number of benzene rings is 1. The van der Waals surface area contributed by atoms with Crippen LogP contribution >= 0.6 is 0 Å². The van der Waals surface area contributed by atoms with E-state index in [9.17, 15) is 8.78 Å². The Balaban J connectivity index is 1.15. The van der Waals surface area contributed by atoms with Crippen molar-refractivity contribution >= 4 is 0 Å². The van der Waals surface area contributed by atoms with Crippen molar-refractivity contribution in [2.24, 2.45) is 35.5 Å². The van der Waals surface area contributed by atoms with E-state index in [1.54, 1.807) is 12.1 Å². The van der Waals surface area contributed by atoms with Crippen LogP contribution < -0.4 is 9.47 Å². The van der Waals surface area contributed by atoms with Crippen LogP contribution in [0.15, 0.2) is 12.1 Å². The Labute approximate surface area is 231 Å². The summed E-state index contributed by atoms with van der Waals surface area (Å²) in [6.07, 6.45) is 23.2. The lowest BCUT2D eigenvalue weighted by atomic mass is 9.69. The molecule has 1 aromatic carbocycles. The Kier molecular flexibility index (Phi) is 12.1. The molecule has 0 atom stereocenters. The summed E-state index contributed by atoms with van der Waals surface area (Å²) in [7, 11) is 0. The van der Waals surface area contributed by atoms with E-state index < -0.39 is 11.6 Å². The van der Waals surface area contributed by atoms with Crippen molar-refractivity contribution in [2.45, 2.75) is 129 Å². The van der Waals surface area contributed by atoms with E-state index in [1.165, 1.54) is 89.9 Å². The van der Waals surface area contributed by atoms with Gasteiger partial charge in [-0.25, -0.2) is 0 Å². The summed E-state index contributed by atoms with van der Waals surface area (Å²) in [4.78, 5) is 0. The first-order valence-electron chi connectivity index (χ1n) is 16.3. The molecule has 4 rings (SSSR count). The van der Waals surface area contributed by atoms with Gasteiger partial charge in [0.05, 0.1) is 13.2 Å². The zero-order valence-corrected chi connectivity index (χ0v) is 24.3. The Morgan fingerprint density at radius 1 is 0.553 bits per heavy atom. The molecule has 3 fully saturated rings. The molecule has 3 saturated carbocycles. The Bertz CT molecular complexity index is 803. The van der Waals surface area contributed by atoms with Crippen molar-refractivity contribution in [1.29, 1.82) is 0 Å². The largest absolute Gasteiger partial charge is 0.490 e. The van der Waals surface area contributed by atoms with E-state index >= 15 is 0 Å². The minimum absolute atomic E-state index is 0.0223. The fourth-order valence-corrected chi connectivity index (χ4v) is 7.70. The van der Waals surface area contributed by atoms with Gasteiger partial charge in [0.1, 0.15) is 0 Å². The molecule has 3 aliphatic rings. The fraction of sp³-hybridized carbons (Fsp3) is 0.824. The average Bonchev–Trinajstić information content (AvgIpc) is 2.95. The van der Waals surface area contributed by atoms with Gasteiger partial charge in [-0.3, -0.25) is 0 Å². The molecule has 4 heteroatoms. The molecule has 3 aliphatic carbocycles. The molecule has 0 heterocycles. The van der Waals surface area contributed by atoms with Gasteiger partial charge < -0.3 is 9.47 Å². The summed E-state index contributed by atoms with van der Waals surface area (Å²) in [5.41, 5.74) is 0. The monoisotopic (exact) mass is 532 g/mol. The third-order valence-electron chi connectivity index (χ3n) is 10.3. The summed E-state index contributed by atoms with van der Waals surface area (Å²) < 4.78 is 41.1. The molecular formula is C34H54F2O2. The van der Waals surface area contributed by atoms with Gasteiger partial charge in [-0.05, 0) is 99.0 Å². The van der Waals surface area contributed by atoms with Crippen molar-refractivity contribution in [1.82, 2.24) is 0 Å². The van der Waals surface area contributed by atoms with Crippen LogP contribution in [-0.4, -0.2) is 13.2 Å². The van der Waals surface area contributed by atoms with Crippen LogP contribution in [0, 0.1) is 47.1 Å². The smallest absolute Gasteiger partial charge is 0.204 e. The maximum atomic E-state index is 14.8. The molecule has 2 nitrogen and oxygen atoms in total. The molecule has 1 aromatic rings. The van der Waals surface area contributed by atoms with Crippen molar-refractivity contribution < 1.29 is 18.3 Å². The third-order valence-corrected chi connectivity index (χ3v) is 10.3. The summed E-state index contributed by atoms with van der Waals surface area (Å²) in [6, 6.07) is 3.11. The second-order valence-corrected chi connectivity index (χ2v) is 13.0. The van der Waals surface area contributed by atoms with Crippen LogP contribution in [-0.2, 0) is 0 Å². The molecule has 216 valence electrons. The van der Waals surface area contributed by atoms with Crippen LogP contribution in [0.5, 0.6) is 11.5 Å². The molecule has 0 saturated heterocycles. The van der Waals surface area contributed by atoms with Gasteiger partial charge in [0, 0.05) is 0 Å². The lowest BCUT2D eigenvalue weighted by molar-refractivity contribution is 0.120. The first kappa shape index (κ1) is 29.7. The minimum atomic E-state index is -0.905. The molecular weight excluding hydrogens is 478 g/mol. The maximum absolute atomic E-state index is 14.8. The van der Waals surface area contributed by atoms with Crippen molar-refractivity contribution in [3.63, 3.8) is 0 Å². The molecule has 38 heavy (non-hydrogen) atoms. The standard InChI is InChI=1S/C34H54F2O2/c1-3-5-6-8-26-9-11-27(12-10-26)23-37-31-21-22-32(34(36)33(31)35)38-24-28-15-19-30(20-16-28)29-17-13-25(7-4-2)14-18-29/h21-22,25-30H,3-20,23-24H2,1-2H3/t25-,26-,27-,28-,29-,30-.